The molecular formula is C45H74O18. The zero-order chi connectivity index (χ0) is 45.5. The lowest BCUT2D eigenvalue weighted by molar-refractivity contribution is -0.360. The zero-order valence-corrected chi connectivity index (χ0v) is 37.1. The van der Waals surface area contributed by atoms with Crippen LogP contribution in [0.15, 0.2) is 11.6 Å². The van der Waals surface area contributed by atoms with Crippen molar-refractivity contribution in [1.29, 1.82) is 0 Å². The Kier molecular flexibility index (Phi) is 14.2. The minimum absolute atomic E-state index is 0.00377. The molecule has 4 saturated heterocycles. The van der Waals surface area contributed by atoms with E-state index in [-0.39, 0.29) is 47.4 Å². The van der Waals surface area contributed by atoms with E-state index in [9.17, 15) is 56.2 Å². The third-order valence-electron chi connectivity index (χ3n) is 17.4. The number of hydrogen-bond acceptors (Lipinski definition) is 18. The Morgan fingerprint density at radius 2 is 1.40 bits per heavy atom. The Hall–Kier alpha value is -0.980. The standard InChI is InChI=1S/C45H74O18/c1-19(18-57-40-36(53)34(51)32(49)28(16-46)60-40)8-13-45(56)20(2)30-27(63-45)15-26-24-7-6-22-14-23(9-11-43(22,4)25(24)10-12-44(26,30)5)59-42-38(55)35(52)39(29(17-47)61-42)62-41-37(54)33(50)31(48)21(3)58-41/h6,19-21,23-42,46-56H,7-18H2,1-5H3. The Labute approximate surface area is 369 Å². The Balaban J connectivity index is 0.852. The second-order valence-electron chi connectivity index (χ2n) is 21.0. The summed E-state index contributed by atoms with van der Waals surface area (Å²) in [4.78, 5) is 0. The monoisotopic (exact) mass is 902 g/mol. The topological polar surface area (TPSA) is 287 Å². The summed E-state index contributed by atoms with van der Waals surface area (Å²) in [6, 6.07) is 0. The summed E-state index contributed by atoms with van der Waals surface area (Å²) in [6.07, 6.45) is -11.3. The largest absolute Gasteiger partial charge is 0.394 e. The van der Waals surface area contributed by atoms with Crippen LogP contribution in [-0.2, 0) is 33.2 Å². The molecular weight excluding hydrogens is 828 g/mol. The molecule has 0 bridgehead atoms. The first-order valence-electron chi connectivity index (χ1n) is 23.4. The molecule has 8 rings (SSSR count). The molecule has 4 aliphatic carbocycles. The molecule has 7 fully saturated rings. The van der Waals surface area contributed by atoms with Crippen molar-refractivity contribution in [1.82, 2.24) is 0 Å². The van der Waals surface area contributed by atoms with Crippen molar-refractivity contribution in [3.8, 4) is 0 Å². The first-order valence-corrected chi connectivity index (χ1v) is 23.4. The SMILES string of the molecule is CC(CCC1(O)OC2CC3C4CC=C5CC(OC6OC(CO)C(OC7OC(C)C(O)C(O)C7O)C(O)C6O)CCC5(C)C4CCC3(C)C2C1C)COC1OC(CO)C(O)C(O)C1O. The van der Waals surface area contributed by atoms with Crippen LogP contribution >= 0.6 is 0 Å². The van der Waals surface area contributed by atoms with Crippen LogP contribution in [0.3, 0.4) is 0 Å². The number of ether oxygens (including phenoxy) is 7. The summed E-state index contributed by atoms with van der Waals surface area (Å²) in [5.74, 6) is 0.121. The van der Waals surface area contributed by atoms with Crippen LogP contribution in [0.1, 0.15) is 92.4 Å². The highest BCUT2D eigenvalue weighted by atomic mass is 16.7. The predicted octanol–water partition coefficient (Wildman–Crippen LogP) is -0.831. The Morgan fingerprint density at radius 3 is 2.11 bits per heavy atom. The molecule has 3 saturated carbocycles. The lowest BCUT2D eigenvalue weighted by Crippen LogP contribution is -2.64. The molecule has 0 aromatic heterocycles. The van der Waals surface area contributed by atoms with Crippen LogP contribution in [0.5, 0.6) is 0 Å². The van der Waals surface area contributed by atoms with Gasteiger partial charge in [-0.05, 0) is 98.7 Å². The van der Waals surface area contributed by atoms with Gasteiger partial charge < -0.3 is 89.3 Å². The van der Waals surface area contributed by atoms with Crippen LogP contribution in [-0.4, -0.2) is 186 Å². The Bertz CT molecular complexity index is 1600. The van der Waals surface area contributed by atoms with Gasteiger partial charge in [0.05, 0.1) is 38.1 Å². The molecule has 63 heavy (non-hydrogen) atoms. The highest BCUT2D eigenvalue weighted by molar-refractivity contribution is 5.26. The molecule has 0 aromatic carbocycles. The van der Waals surface area contributed by atoms with E-state index in [0.29, 0.717) is 43.4 Å². The van der Waals surface area contributed by atoms with Crippen LogP contribution in [0.2, 0.25) is 0 Å². The highest BCUT2D eigenvalue weighted by Crippen LogP contribution is 2.70. The van der Waals surface area contributed by atoms with Crippen molar-refractivity contribution >= 4 is 0 Å². The molecule has 18 nitrogen and oxygen atoms in total. The van der Waals surface area contributed by atoms with Crippen molar-refractivity contribution in [2.45, 2.75) is 203 Å². The van der Waals surface area contributed by atoms with Gasteiger partial charge in [0.25, 0.3) is 0 Å². The summed E-state index contributed by atoms with van der Waals surface area (Å²) in [7, 11) is 0. The number of allylic oxidation sites excluding steroid dienone is 1. The van der Waals surface area contributed by atoms with Crippen LogP contribution in [0, 0.1) is 46.3 Å². The second-order valence-corrected chi connectivity index (χ2v) is 21.0. The summed E-state index contributed by atoms with van der Waals surface area (Å²) in [5.41, 5.74) is 1.28. The van der Waals surface area contributed by atoms with Crippen molar-refractivity contribution in [2.75, 3.05) is 19.8 Å². The first kappa shape index (κ1) is 48.5. The summed E-state index contributed by atoms with van der Waals surface area (Å²) >= 11 is 0. The molecule has 11 N–H and O–H groups in total. The van der Waals surface area contributed by atoms with Gasteiger partial charge >= 0.3 is 0 Å². The molecule has 362 valence electrons. The van der Waals surface area contributed by atoms with Crippen molar-refractivity contribution in [2.24, 2.45) is 46.3 Å². The lowest BCUT2D eigenvalue weighted by Gasteiger charge is -2.58. The van der Waals surface area contributed by atoms with Gasteiger partial charge in [0.2, 0.25) is 0 Å². The summed E-state index contributed by atoms with van der Waals surface area (Å²) < 4.78 is 41.6. The van der Waals surface area contributed by atoms with Gasteiger partial charge in [-0.25, -0.2) is 0 Å². The van der Waals surface area contributed by atoms with Crippen LogP contribution < -0.4 is 0 Å². The number of aliphatic hydroxyl groups excluding tert-OH is 10. The van der Waals surface area contributed by atoms with Gasteiger partial charge in [-0.3, -0.25) is 0 Å². The molecule has 26 unspecified atom stereocenters. The van der Waals surface area contributed by atoms with E-state index in [1.165, 1.54) is 12.5 Å². The zero-order valence-electron chi connectivity index (χ0n) is 37.1. The smallest absolute Gasteiger partial charge is 0.187 e. The molecule has 18 heteroatoms. The fraction of sp³-hybridized carbons (Fsp3) is 0.956. The minimum atomic E-state index is -1.64. The second kappa shape index (κ2) is 18.5. The van der Waals surface area contributed by atoms with Crippen LogP contribution in [0.4, 0.5) is 0 Å². The average Bonchev–Trinajstić information content (AvgIpc) is 3.70. The van der Waals surface area contributed by atoms with E-state index in [1.54, 1.807) is 0 Å². The maximum atomic E-state index is 12.0. The molecule has 0 spiro atoms. The average molecular weight is 903 g/mol. The maximum Gasteiger partial charge on any atom is 0.187 e. The number of hydrogen-bond donors (Lipinski definition) is 11. The normalized spacial score (nSPS) is 55.0. The van der Waals surface area contributed by atoms with Gasteiger partial charge in [0, 0.05) is 12.3 Å². The fourth-order valence-corrected chi connectivity index (χ4v) is 13.5. The molecule has 0 radical (unpaired) electrons. The third kappa shape index (κ3) is 8.51. The summed E-state index contributed by atoms with van der Waals surface area (Å²) in [5, 5.41) is 115. The van der Waals surface area contributed by atoms with Crippen molar-refractivity contribution in [3.05, 3.63) is 11.6 Å². The van der Waals surface area contributed by atoms with Crippen LogP contribution in [0.25, 0.3) is 0 Å². The summed E-state index contributed by atoms with van der Waals surface area (Å²) in [6.45, 7) is 9.42. The third-order valence-corrected chi connectivity index (χ3v) is 17.4. The quantitative estimate of drug-likeness (QED) is 0.107. The molecule has 4 aliphatic heterocycles. The van der Waals surface area contributed by atoms with Gasteiger partial charge in [0.1, 0.15) is 67.1 Å². The van der Waals surface area contributed by atoms with Crippen molar-refractivity contribution in [3.63, 3.8) is 0 Å². The molecule has 26 atom stereocenters. The molecule has 0 aromatic rings. The molecule has 0 amide bonds. The number of aliphatic hydroxyl groups is 11. The number of fused-ring (bicyclic) bond motifs is 7. The highest BCUT2D eigenvalue weighted by Gasteiger charge is 2.68. The van der Waals surface area contributed by atoms with Crippen molar-refractivity contribution < 1.29 is 89.3 Å². The first-order chi connectivity index (χ1) is 29.8. The van der Waals surface area contributed by atoms with E-state index < -0.39 is 111 Å². The fourth-order valence-electron chi connectivity index (χ4n) is 13.5. The van der Waals surface area contributed by atoms with Gasteiger partial charge in [-0.1, -0.05) is 39.3 Å². The van der Waals surface area contributed by atoms with E-state index in [1.807, 2.05) is 6.92 Å². The van der Waals surface area contributed by atoms with Gasteiger partial charge in [-0.2, -0.15) is 0 Å². The lowest BCUT2D eigenvalue weighted by atomic mass is 9.47. The maximum absolute atomic E-state index is 12.0. The van der Waals surface area contributed by atoms with Gasteiger partial charge in [-0.15, -0.1) is 0 Å². The van der Waals surface area contributed by atoms with Gasteiger partial charge in [0.15, 0.2) is 24.7 Å². The number of rotatable bonds is 12. The van der Waals surface area contributed by atoms with E-state index in [0.717, 1.165) is 32.1 Å². The van der Waals surface area contributed by atoms with E-state index >= 15 is 0 Å². The molecule has 8 aliphatic rings. The molecule has 4 heterocycles. The minimum Gasteiger partial charge on any atom is -0.394 e. The van der Waals surface area contributed by atoms with E-state index in [4.69, 9.17) is 33.2 Å². The van der Waals surface area contributed by atoms with E-state index in [2.05, 4.69) is 26.8 Å². The Morgan fingerprint density at radius 1 is 0.746 bits per heavy atom. The predicted molar refractivity (Wildman–Crippen MR) is 218 cm³/mol.